The number of phenols is 1. The van der Waals surface area contributed by atoms with Crippen molar-refractivity contribution in [3.63, 3.8) is 0 Å². The van der Waals surface area contributed by atoms with Crippen molar-refractivity contribution in [2.24, 2.45) is 0 Å². The molecule has 1 nitrogen and oxygen atoms in total. The van der Waals surface area contributed by atoms with Crippen LogP contribution in [-0.4, -0.2) is 5.11 Å². The molecule has 1 aromatic rings. The monoisotopic (exact) mass is 935 g/mol. The molecule has 0 radical (unpaired) electrons. The molecule has 0 aliphatic rings. The number of hydrogen-bond donors (Lipinski definition) is 1. The van der Waals surface area contributed by atoms with Gasteiger partial charge in [0.25, 0.3) is 0 Å². The van der Waals surface area contributed by atoms with E-state index in [9.17, 15) is 5.11 Å². The van der Waals surface area contributed by atoms with Crippen molar-refractivity contribution in [1.82, 2.24) is 0 Å². The molecular weight excluding hydrogens is 809 g/mol. The van der Waals surface area contributed by atoms with Gasteiger partial charge in [0.05, 0.1) is 0 Å². The van der Waals surface area contributed by atoms with Gasteiger partial charge in [-0.05, 0) is 30.5 Å². The summed E-state index contributed by atoms with van der Waals surface area (Å²) in [6, 6.07) is 7.74. The van der Waals surface area contributed by atoms with E-state index >= 15 is 0 Å². The predicted molar refractivity (Wildman–Crippen MR) is 305 cm³/mol. The second kappa shape index (κ2) is 57.6. The van der Waals surface area contributed by atoms with Gasteiger partial charge in [-0.15, -0.1) is 0 Å². The van der Waals surface area contributed by atoms with Crippen molar-refractivity contribution in [2.45, 2.75) is 386 Å². The maximum atomic E-state index is 9.39. The van der Waals surface area contributed by atoms with E-state index in [2.05, 4.69) is 19.1 Å². The highest BCUT2D eigenvalue weighted by Gasteiger charge is 2.01. The maximum Gasteiger partial charge on any atom is 0.115 e. The fourth-order valence-electron chi connectivity index (χ4n) is 11.0. The van der Waals surface area contributed by atoms with Crippen molar-refractivity contribution in [2.75, 3.05) is 0 Å². The van der Waals surface area contributed by atoms with E-state index in [1.807, 2.05) is 12.1 Å². The molecular formula is C66H126O. The van der Waals surface area contributed by atoms with Crippen LogP contribution in [0.3, 0.4) is 0 Å². The Morgan fingerprint density at radius 3 is 0.478 bits per heavy atom. The number of aromatic hydroxyl groups is 1. The summed E-state index contributed by atoms with van der Waals surface area (Å²) in [4.78, 5) is 0. The summed E-state index contributed by atoms with van der Waals surface area (Å²) < 4.78 is 0. The Labute approximate surface area is 424 Å². The van der Waals surface area contributed by atoms with Gasteiger partial charge in [-0.3, -0.25) is 0 Å². The zero-order valence-electron chi connectivity index (χ0n) is 46.5. The first-order valence-corrected chi connectivity index (χ1v) is 32.1. The molecule has 0 unspecified atom stereocenters. The Hall–Kier alpha value is -0.980. The maximum absolute atomic E-state index is 9.39. The molecule has 1 heteroatoms. The summed E-state index contributed by atoms with van der Waals surface area (Å²) in [6.45, 7) is 2.31. The van der Waals surface area contributed by atoms with Crippen LogP contribution in [0.15, 0.2) is 24.3 Å². The average Bonchev–Trinajstić information content (AvgIpc) is 3.34. The molecule has 0 atom stereocenters. The molecule has 0 saturated carbocycles. The van der Waals surface area contributed by atoms with Crippen molar-refractivity contribution >= 4 is 0 Å². The zero-order valence-corrected chi connectivity index (χ0v) is 46.5. The number of unbranched alkanes of at least 4 members (excludes halogenated alkanes) is 57. The number of benzene rings is 1. The lowest BCUT2D eigenvalue weighted by molar-refractivity contribution is 0.475. The summed E-state index contributed by atoms with van der Waals surface area (Å²) in [5.41, 5.74) is 1.36. The molecule has 1 N–H and O–H groups in total. The van der Waals surface area contributed by atoms with Crippen molar-refractivity contribution < 1.29 is 5.11 Å². The summed E-state index contributed by atoms with van der Waals surface area (Å²) in [5.74, 6) is 0.377. The van der Waals surface area contributed by atoms with E-state index in [-0.39, 0.29) is 0 Å². The number of phenolic OH excluding ortho intramolecular Hbond substituents is 1. The summed E-state index contributed by atoms with van der Waals surface area (Å²) in [6.07, 6.45) is 86.7. The second-order valence-corrected chi connectivity index (χ2v) is 22.6. The minimum Gasteiger partial charge on any atom is -0.508 e. The Morgan fingerprint density at radius 1 is 0.194 bits per heavy atom. The van der Waals surface area contributed by atoms with Crippen LogP contribution in [0, 0.1) is 0 Å². The van der Waals surface area contributed by atoms with Crippen LogP contribution >= 0.6 is 0 Å². The van der Waals surface area contributed by atoms with E-state index in [1.165, 1.54) is 378 Å². The largest absolute Gasteiger partial charge is 0.508 e. The van der Waals surface area contributed by atoms with Crippen molar-refractivity contribution in [3.8, 4) is 5.75 Å². The van der Waals surface area contributed by atoms with Gasteiger partial charge in [0, 0.05) is 0 Å². The van der Waals surface area contributed by atoms with Crippen LogP contribution < -0.4 is 0 Å². The molecule has 0 bridgehead atoms. The van der Waals surface area contributed by atoms with Crippen molar-refractivity contribution in [3.05, 3.63) is 29.8 Å². The Balaban J connectivity index is 1.59. The van der Waals surface area contributed by atoms with Crippen LogP contribution in [0.1, 0.15) is 385 Å². The molecule has 396 valence electrons. The molecule has 0 aliphatic heterocycles. The molecule has 1 aromatic carbocycles. The molecule has 0 spiro atoms. The van der Waals surface area contributed by atoms with Crippen LogP contribution in [0.25, 0.3) is 0 Å². The molecule has 67 heavy (non-hydrogen) atoms. The van der Waals surface area contributed by atoms with E-state index in [0.29, 0.717) is 5.75 Å². The molecule has 0 aliphatic carbocycles. The molecule has 0 fully saturated rings. The molecule has 0 aromatic heterocycles. The van der Waals surface area contributed by atoms with Gasteiger partial charge in [-0.2, -0.15) is 0 Å². The van der Waals surface area contributed by atoms with Crippen LogP contribution in [0.2, 0.25) is 0 Å². The lowest BCUT2D eigenvalue weighted by atomic mass is 10.0. The minimum absolute atomic E-state index is 0.377. The highest BCUT2D eigenvalue weighted by Crippen LogP contribution is 2.20. The van der Waals surface area contributed by atoms with Crippen molar-refractivity contribution in [1.29, 1.82) is 0 Å². The summed E-state index contributed by atoms with van der Waals surface area (Å²) in [7, 11) is 0. The van der Waals surface area contributed by atoms with Gasteiger partial charge in [-0.1, -0.05) is 385 Å². The first-order chi connectivity index (χ1) is 33.3. The summed E-state index contributed by atoms with van der Waals surface area (Å²) in [5, 5.41) is 9.39. The molecule has 0 heterocycles. The first-order valence-electron chi connectivity index (χ1n) is 32.1. The minimum atomic E-state index is 0.377. The van der Waals surface area contributed by atoms with E-state index in [1.54, 1.807) is 0 Å². The lowest BCUT2D eigenvalue weighted by Crippen LogP contribution is -1.86. The quantitative estimate of drug-likeness (QED) is 0.0646. The van der Waals surface area contributed by atoms with E-state index in [4.69, 9.17) is 0 Å². The van der Waals surface area contributed by atoms with E-state index < -0.39 is 0 Å². The number of rotatable bonds is 59. The second-order valence-electron chi connectivity index (χ2n) is 22.6. The fraction of sp³-hybridized carbons (Fsp3) is 0.909. The average molecular weight is 936 g/mol. The van der Waals surface area contributed by atoms with Crippen LogP contribution in [-0.2, 0) is 6.42 Å². The third-order valence-electron chi connectivity index (χ3n) is 15.8. The number of aryl methyl sites for hydroxylation is 1. The Bertz CT molecular complexity index is 997. The van der Waals surface area contributed by atoms with Gasteiger partial charge in [0.1, 0.15) is 5.75 Å². The van der Waals surface area contributed by atoms with E-state index in [0.717, 1.165) is 6.42 Å². The van der Waals surface area contributed by atoms with Gasteiger partial charge in [-0.25, -0.2) is 0 Å². The van der Waals surface area contributed by atoms with Gasteiger partial charge in [0.2, 0.25) is 0 Å². The Kier molecular flexibility index (Phi) is 55.0. The normalized spacial score (nSPS) is 11.7. The van der Waals surface area contributed by atoms with Gasteiger partial charge >= 0.3 is 0 Å². The predicted octanol–water partition coefficient (Wildman–Crippen LogP) is 24.6. The SMILES string of the molecule is CCCCCCCCCCCCCCCCCCCCCCCCCCCCCCCCCCCCCCCCCCCCCCCCCCCCCCCCCCCCc1ccc(O)cc1. The topological polar surface area (TPSA) is 20.2 Å². The van der Waals surface area contributed by atoms with Gasteiger partial charge in [0.15, 0.2) is 0 Å². The molecule has 1 rings (SSSR count). The highest BCUT2D eigenvalue weighted by atomic mass is 16.3. The lowest BCUT2D eigenvalue weighted by Gasteiger charge is -2.05. The summed E-state index contributed by atoms with van der Waals surface area (Å²) >= 11 is 0. The molecule has 0 saturated heterocycles. The molecule has 0 amide bonds. The van der Waals surface area contributed by atoms with Crippen LogP contribution in [0.4, 0.5) is 0 Å². The highest BCUT2D eigenvalue weighted by molar-refractivity contribution is 5.25. The number of hydrogen-bond acceptors (Lipinski definition) is 1. The third-order valence-corrected chi connectivity index (χ3v) is 15.8. The first kappa shape index (κ1) is 64.0. The Morgan fingerprint density at radius 2 is 0.328 bits per heavy atom. The smallest absolute Gasteiger partial charge is 0.115 e. The third kappa shape index (κ3) is 54.2. The van der Waals surface area contributed by atoms with Crippen LogP contribution in [0.5, 0.6) is 5.75 Å². The standard InChI is InChI=1S/C66H126O/c1-2-3-4-5-6-7-8-9-10-11-12-13-14-15-16-17-18-19-20-21-22-23-24-25-26-27-28-29-30-31-32-33-34-35-36-37-38-39-40-41-42-43-44-45-46-47-48-49-50-51-52-53-54-55-56-57-58-59-60-65-61-63-66(67)64-62-65/h61-64,67H,2-60H2,1H3. The fourth-order valence-corrected chi connectivity index (χ4v) is 11.0. The van der Waals surface area contributed by atoms with Gasteiger partial charge < -0.3 is 5.11 Å². The zero-order chi connectivity index (χ0) is 47.7.